The van der Waals surface area contributed by atoms with Crippen LogP contribution < -0.4 is 0 Å². The van der Waals surface area contributed by atoms with Crippen molar-refractivity contribution in [3.63, 3.8) is 0 Å². The van der Waals surface area contributed by atoms with Gasteiger partial charge in [-0.05, 0) is 48.7 Å². The van der Waals surface area contributed by atoms with E-state index in [1.54, 1.807) is 12.1 Å². The zero-order valence-corrected chi connectivity index (χ0v) is 18.5. The van der Waals surface area contributed by atoms with Gasteiger partial charge in [0, 0.05) is 19.7 Å². The molecule has 0 amide bonds. The van der Waals surface area contributed by atoms with Gasteiger partial charge >= 0.3 is 0 Å². The van der Waals surface area contributed by atoms with Gasteiger partial charge in [-0.2, -0.15) is 0 Å². The highest BCUT2D eigenvalue weighted by Crippen LogP contribution is 2.26. The van der Waals surface area contributed by atoms with Gasteiger partial charge in [-0.3, -0.25) is 0 Å². The lowest BCUT2D eigenvalue weighted by Crippen LogP contribution is -2.32. The predicted octanol–water partition coefficient (Wildman–Crippen LogP) is 4.74. The molecule has 3 aromatic rings. The second kappa shape index (κ2) is 12.5. The number of aliphatic hydroxyl groups excluding tert-OH is 2. The number of ether oxygens (including phenoxy) is 1. The summed E-state index contributed by atoms with van der Waals surface area (Å²) < 4.78 is 19.2. The first kappa shape index (κ1) is 24.1. The number of halogens is 1. The highest BCUT2D eigenvalue weighted by Gasteiger charge is 2.16. The summed E-state index contributed by atoms with van der Waals surface area (Å²) in [5.41, 5.74) is 2.87. The maximum atomic E-state index is 13.0. The Kier molecular flexibility index (Phi) is 9.38. The lowest BCUT2D eigenvalue weighted by Gasteiger charge is -2.24. The van der Waals surface area contributed by atoms with Crippen LogP contribution in [0.15, 0.2) is 84.9 Å². The van der Waals surface area contributed by atoms with Gasteiger partial charge in [0.1, 0.15) is 11.9 Å². The van der Waals surface area contributed by atoms with Gasteiger partial charge in [-0.25, -0.2) is 4.39 Å². The second-order valence-corrected chi connectivity index (χ2v) is 8.16. The number of nitrogens with zero attached hydrogens (tertiary/aromatic N) is 1. The molecule has 0 fully saturated rings. The monoisotopic (exact) mass is 437 g/mol. The van der Waals surface area contributed by atoms with Gasteiger partial charge in [-0.1, -0.05) is 72.8 Å². The Balaban J connectivity index is 1.43. The highest BCUT2D eigenvalue weighted by molar-refractivity contribution is 5.29. The molecule has 0 aliphatic rings. The Labute approximate surface area is 189 Å². The molecule has 32 heavy (non-hydrogen) atoms. The summed E-state index contributed by atoms with van der Waals surface area (Å²) in [5.74, 6) is -0.325. The van der Waals surface area contributed by atoms with Crippen molar-refractivity contribution in [3.8, 4) is 0 Å². The van der Waals surface area contributed by atoms with E-state index in [-0.39, 0.29) is 11.9 Å². The van der Waals surface area contributed by atoms with E-state index < -0.39 is 12.2 Å². The molecule has 3 aromatic carbocycles. The van der Waals surface area contributed by atoms with E-state index >= 15 is 0 Å². The van der Waals surface area contributed by atoms with Crippen LogP contribution in [0, 0.1) is 5.82 Å². The summed E-state index contributed by atoms with van der Waals surface area (Å²) in [6.07, 6.45) is -0.0495. The van der Waals surface area contributed by atoms with Gasteiger partial charge in [0.15, 0.2) is 0 Å². The molecule has 2 N–H and O–H groups in total. The quantitative estimate of drug-likeness (QED) is 0.402. The number of aliphatic hydroxyl groups is 2. The summed E-state index contributed by atoms with van der Waals surface area (Å²) in [5, 5.41) is 20.7. The minimum Gasteiger partial charge on any atom is -0.392 e. The van der Waals surface area contributed by atoms with Gasteiger partial charge in [-0.15, -0.1) is 0 Å². The van der Waals surface area contributed by atoms with Crippen LogP contribution in [0.1, 0.15) is 41.7 Å². The van der Waals surface area contributed by atoms with Crippen LogP contribution in [0.25, 0.3) is 0 Å². The van der Waals surface area contributed by atoms with Crippen LogP contribution in [0.3, 0.4) is 0 Å². The number of likely N-dealkylation sites (N-methyl/N-ethyl adjacent to an activating group) is 1. The molecule has 170 valence electrons. The smallest absolute Gasteiger partial charge is 0.123 e. The van der Waals surface area contributed by atoms with Crippen molar-refractivity contribution in [1.82, 2.24) is 4.90 Å². The number of benzene rings is 3. The molecule has 0 bridgehead atoms. The molecule has 0 saturated heterocycles. The molecule has 2 atom stereocenters. The third kappa shape index (κ3) is 7.53. The maximum Gasteiger partial charge on any atom is 0.123 e. The topological polar surface area (TPSA) is 52.9 Å². The summed E-state index contributed by atoms with van der Waals surface area (Å²) in [6, 6.07) is 26.1. The van der Waals surface area contributed by atoms with Crippen molar-refractivity contribution in [3.05, 3.63) is 107 Å². The minimum absolute atomic E-state index is 0.136. The fourth-order valence-electron chi connectivity index (χ4n) is 3.77. The molecular weight excluding hydrogens is 405 g/mol. The normalized spacial score (nSPS) is 13.4. The Bertz CT molecular complexity index is 866. The van der Waals surface area contributed by atoms with Gasteiger partial charge < -0.3 is 19.8 Å². The van der Waals surface area contributed by atoms with E-state index in [1.165, 1.54) is 12.1 Å². The van der Waals surface area contributed by atoms with Crippen LogP contribution in [-0.4, -0.2) is 48.0 Å². The SMILES string of the molecule is CN(C[C@H](O)CCCOC(c1ccccc1)c1ccccc1)C[C@@H](O)c1ccc(F)cc1. The van der Waals surface area contributed by atoms with Crippen LogP contribution in [-0.2, 0) is 4.74 Å². The lowest BCUT2D eigenvalue weighted by molar-refractivity contribution is 0.0528. The van der Waals surface area contributed by atoms with Crippen LogP contribution in [0.5, 0.6) is 0 Å². The number of hydrogen-bond donors (Lipinski definition) is 2. The summed E-state index contributed by atoms with van der Waals surface area (Å²) in [7, 11) is 1.85. The fraction of sp³-hybridized carbons (Fsp3) is 0.333. The van der Waals surface area contributed by atoms with E-state index in [4.69, 9.17) is 4.74 Å². The van der Waals surface area contributed by atoms with Crippen molar-refractivity contribution >= 4 is 0 Å². The molecule has 5 heteroatoms. The molecule has 0 radical (unpaired) electrons. The Morgan fingerprint density at radius 1 is 0.781 bits per heavy atom. The third-order valence-electron chi connectivity index (χ3n) is 5.43. The molecule has 4 nitrogen and oxygen atoms in total. The Morgan fingerprint density at radius 2 is 1.34 bits per heavy atom. The molecule has 0 aliphatic carbocycles. The third-order valence-corrected chi connectivity index (χ3v) is 5.43. The Hall–Kier alpha value is -2.57. The van der Waals surface area contributed by atoms with Gasteiger partial charge in [0.05, 0.1) is 12.2 Å². The van der Waals surface area contributed by atoms with Crippen molar-refractivity contribution in [2.45, 2.75) is 31.2 Å². The molecule has 0 aliphatic heterocycles. The molecular formula is C27H32FNO3. The fourth-order valence-corrected chi connectivity index (χ4v) is 3.77. The summed E-state index contributed by atoms with van der Waals surface area (Å²) in [6.45, 7) is 1.34. The molecule has 0 saturated carbocycles. The van der Waals surface area contributed by atoms with E-state index in [9.17, 15) is 14.6 Å². The first-order chi connectivity index (χ1) is 15.5. The number of hydrogen-bond acceptors (Lipinski definition) is 4. The number of rotatable bonds is 12. The van der Waals surface area contributed by atoms with E-state index in [1.807, 2.05) is 48.3 Å². The van der Waals surface area contributed by atoms with Crippen molar-refractivity contribution in [2.75, 3.05) is 26.7 Å². The summed E-state index contributed by atoms with van der Waals surface area (Å²) in [4.78, 5) is 1.89. The van der Waals surface area contributed by atoms with E-state index in [0.717, 1.165) is 17.5 Å². The van der Waals surface area contributed by atoms with Gasteiger partial charge in [0.25, 0.3) is 0 Å². The molecule has 0 unspecified atom stereocenters. The van der Waals surface area contributed by atoms with Crippen LogP contribution in [0.4, 0.5) is 4.39 Å². The zero-order valence-electron chi connectivity index (χ0n) is 18.5. The van der Waals surface area contributed by atoms with Crippen LogP contribution in [0.2, 0.25) is 0 Å². The summed E-state index contributed by atoms with van der Waals surface area (Å²) >= 11 is 0. The van der Waals surface area contributed by atoms with Crippen molar-refractivity contribution in [2.24, 2.45) is 0 Å². The Morgan fingerprint density at radius 3 is 1.91 bits per heavy atom. The standard InChI is InChI=1S/C27H32FNO3/c1-29(20-26(31)21-14-16-24(28)17-15-21)19-25(30)13-8-18-32-27(22-9-4-2-5-10-22)23-11-6-3-7-12-23/h2-7,9-12,14-17,25-27,30-31H,8,13,18-20H2,1H3/t25-,26-/m1/s1. The molecule has 3 rings (SSSR count). The van der Waals surface area contributed by atoms with Crippen LogP contribution >= 0.6 is 0 Å². The average Bonchev–Trinajstić information content (AvgIpc) is 2.80. The first-order valence-electron chi connectivity index (χ1n) is 11.0. The predicted molar refractivity (Wildman–Crippen MR) is 125 cm³/mol. The largest absolute Gasteiger partial charge is 0.392 e. The van der Waals surface area contributed by atoms with Crippen molar-refractivity contribution in [1.29, 1.82) is 0 Å². The molecule has 0 spiro atoms. The van der Waals surface area contributed by atoms with E-state index in [0.29, 0.717) is 31.7 Å². The molecule has 0 aromatic heterocycles. The average molecular weight is 438 g/mol. The van der Waals surface area contributed by atoms with E-state index in [2.05, 4.69) is 24.3 Å². The highest BCUT2D eigenvalue weighted by atomic mass is 19.1. The van der Waals surface area contributed by atoms with Gasteiger partial charge in [0.2, 0.25) is 0 Å². The maximum absolute atomic E-state index is 13.0. The minimum atomic E-state index is -0.728. The van der Waals surface area contributed by atoms with Crippen molar-refractivity contribution < 1.29 is 19.3 Å². The zero-order chi connectivity index (χ0) is 22.8. The lowest BCUT2D eigenvalue weighted by atomic mass is 10.0. The first-order valence-corrected chi connectivity index (χ1v) is 11.0. The molecule has 0 heterocycles. The second-order valence-electron chi connectivity index (χ2n) is 8.16.